The molecule has 24 heavy (non-hydrogen) atoms. The first-order valence-corrected chi connectivity index (χ1v) is 8.71. The van der Waals surface area contributed by atoms with Gasteiger partial charge in [-0.3, -0.25) is 9.69 Å². The molecule has 0 saturated heterocycles. The molecule has 0 spiro atoms. The van der Waals surface area contributed by atoms with Crippen LogP contribution >= 0.6 is 23.2 Å². The Morgan fingerprint density at radius 2 is 2.04 bits per heavy atom. The third kappa shape index (κ3) is 2.76. The van der Waals surface area contributed by atoms with E-state index >= 15 is 0 Å². The van der Waals surface area contributed by atoms with E-state index in [-0.39, 0.29) is 11.9 Å². The number of carbonyl (C=O) groups excluding carboxylic acids is 2. The lowest BCUT2D eigenvalue weighted by Crippen LogP contribution is -2.45. The first-order chi connectivity index (χ1) is 11.5. The van der Waals surface area contributed by atoms with Gasteiger partial charge >= 0.3 is 6.03 Å². The van der Waals surface area contributed by atoms with Crippen molar-refractivity contribution in [3.05, 3.63) is 45.1 Å². The summed E-state index contributed by atoms with van der Waals surface area (Å²) in [4.78, 5) is 28.5. The van der Waals surface area contributed by atoms with E-state index in [2.05, 4.69) is 12.2 Å². The van der Waals surface area contributed by atoms with Crippen LogP contribution in [0.2, 0.25) is 10.0 Å². The maximum absolute atomic E-state index is 12.9. The Morgan fingerprint density at radius 1 is 1.29 bits per heavy atom. The monoisotopic (exact) mass is 367 g/mol. The molecule has 3 amide bonds. The molecular weight excluding hydrogens is 349 g/mol. The number of nitrogens with one attached hydrogen (secondary N) is 1. The van der Waals surface area contributed by atoms with Crippen molar-refractivity contribution in [2.75, 3.05) is 20.1 Å². The van der Waals surface area contributed by atoms with Crippen molar-refractivity contribution < 1.29 is 9.59 Å². The molecule has 0 aliphatic carbocycles. The zero-order valence-electron chi connectivity index (χ0n) is 13.6. The number of likely N-dealkylation sites (N-methyl/N-ethyl adjacent to an activating group) is 1. The van der Waals surface area contributed by atoms with Crippen molar-refractivity contribution in [1.82, 2.24) is 15.1 Å². The van der Waals surface area contributed by atoms with Crippen LogP contribution in [0.3, 0.4) is 0 Å². The summed E-state index contributed by atoms with van der Waals surface area (Å²) < 4.78 is 0. The van der Waals surface area contributed by atoms with Gasteiger partial charge in [0.05, 0.1) is 33.9 Å². The van der Waals surface area contributed by atoms with Crippen LogP contribution in [0.5, 0.6) is 0 Å². The molecule has 5 nitrogen and oxygen atoms in total. The van der Waals surface area contributed by atoms with E-state index in [9.17, 15) is 9.59 Å². The van der Waals surface area contributed by atoms with Crippen LogP contribution < -0.4 is 5.32 Å². The summed E-state index contributed by atoms with van der Waals surface area (Å²) in [6, 6.07) is 4.41. The molecule has 2 aliphatic rings. The molecule has 0 saturated carbocycles. The molecule has 0 radical (unpaired) electrons. The summed E-state index contributed by atoms with van der Waals surface area (Å²) in [6.07, 6.45) is 1.94. The molecule has 3 rings (SSSR count). The van der Waals surface area contributed by atoms with Gasteiger partial charge in [0, 0.05) is 13.6 Å². The second-order valence-electron chi connectivity index (χ2n) is 6.03. The van der Waals surface area contributed by atoms with Crippen molar-refractivity contribution in [2.45, 2.75) is 25.8 Å². The smallest absolute Gasteiger partial charge is 0.322 e. The van der Waals surface area contributed by atoms with Crippen LogP contribution in [0.15, 0.2) is 29.5 Å². The standard InChI is InChI=1S/C17H19Cl2N3O2/c1-3-4-8-22-9-12-13(16(22)23)15(20-17(24)21(12)2)10-6-5-7-11(18)14(10)19/h5-7,15H,3-4,8-9H2,1-2H3,(H,20,24)/t15-/m0/s1. The van der Waals surface area contributed by atoms with Gasteiger partial charge in [-0.05, 0) is 18.1 Å². The van der Waals surface area contributed by atoms with Crippen LogP contribution in [0.25, 0.3) is 0 Å². The van der Waals surface area contributed by atoms with Gasteiger partial charge < -0.3 is 10.2 Å². The fourth-order valence-electron chi connectivity index (χ4n) is 3.13. The lowest BCUT2D eigenvalue weighted by atomic mass is 9.95. The van der Waals surface area contributed by atoms with Crippen molar-refractivity contribution >= 4 is 35.1 Å². The topological polar surface area (TPSA) is 52.7 Å². The lowest BCUT2D eigenvalue weighted by Gasteiger charge is -2.31. The second kappa shape index (κ2) is 6.65. The van der Waals surface area contributed by atoms with E-state index in [4.69, 9.17) is 23.2 Å². The predicted octanol–water partition coefficient (Wildman–Crippen LogP) is 3.59. The van der Waals surface area contributed by atoms with E-state index in [1.165, 1.54) is 4.90 Å². The van der Waals surface area contributed by atoms with Gasteiger partial charge in [-0.15, -0.1) is 0 Å². The minimum Gasteiger partial charge on any atom is -0.333 e. The largest absolute Gasteiger partial charge is 0.333 e. The molecular formula is C17H19Cl2N3O2. The summed E-state index contributed by atoms with van der Waals surface area (Å²) in [6.45, 7) is 3.22. The maximum atomic E-state index is 12.9. The van der Waals surface area contributed by atoms with Crippen LogP contribution in [-0.2, 0) is 4.79 Å². The Labute approximate surface area is 151 Å². The number of rotatable bonds is 4. The highest BCUT2D eigenvalue weighted by Gasteiger charge is 2.43. The van der Waals surface area contributed by atoms with Gasteiger partial charge in [-0.2, -0.15) is 0 Å². The maximum Gasteiger partial charge on any atom is 0.322 e. The Bertz CT molecular complexity index is 733. The number of carbonyl (C=O) groups is 2. The van der Waals surface area contributed by atoms with Crippen molar-refractivity contribution in [1.29, 1.82) is 0 Å². The van der Waals surface area contributed by atoms with Crippen LogP contribution in [-0.4, -0.2) is 41.9 Å². The predicted molar refractivity (Wildman–Crippen MR) is 94.0 cm³/mol. The molecule has 0 bridgehead atoms. The molecule has 0 aromatic heterocycles. The molecule has 1 aromatic carbocycles. The fraction of sp³-hybridized carbons (Fsp3) is 0.412. The Hall–Kier alpha value is -1.72. The molecule has 1 atom stereocenters. The van der Waals surface area contributed by atoms with Crippen LogP contribution in [0, 0.1) is 0 Å². The number of nitrogens with zero attached hydrogens (tertiary/aromatic N) is 2. The first-order valence-electron chi connectivity index (χ1n) is 7.96. The molecule has 7 heteroatoms. The van der Waals surface area contributed by atoms with Gasteiger partial charge in [0.15, 0.2) is 0 Å². The zero-order valence-corrected chi connectivity index (χ0v) is 15.1. The number of halogens is 2. The van der Waals surface area contributed by atoms with Gasteiger partial charge in [-0.1, -0.05) is 48.7 Å². The van der Waals surface area contributed by atoms with E-state index in [0.717, 1.165) is 18.5 Å². The Kier molecular flexibility index (Phi) is 4.74. The second-order valence-corrected chi connectivity index (χ2v) is 6.81. The van der Waals surface area contributed by atoms with Gasteiger partial charge in [0.1, 0.15) is 0 Å². The van der Waals surface area contributed by atoms with E-state index in [1.54, 1.807) is 30.1 Å². The SMILES string of the molecule is CCCCN1CC2=C(C1=O)[C@H](c1cccc(Cl)c1Cl)NC(=O)N2C. The van der Waals surface area contributed by atoms with E-state index < -0.39 is 6.04 Å². The Morgan fingerprint density at radius 3 is 2.75 bits per heavy atom. The number of hydrogen-bond donors (Lipinski definition) is 1. The zero-order chi connectivity index (χ0) is 17.4. The molecule has 1 N–H and O–H groups in total. The minimum absolute atomic E-state index is 0.0497. The van der Waals surface area contributed by atoms with Gasteiger partial charge in [-0.25, -0.2) is 4.79 Å². The number of hydrogen-bond acceptors (Lipinski definition) is 2. The number of benzene rings is 1. The summed E-state index contributed by atoms with van der Waals surface area (Å²) in [5.41, 5.74) is 1.96. The third-order valence-electron chi connectivity index (χ3n) is 4.51. The summed E-state index contributed by atoms with van der Waals surface area (Å²) in [5.74, 6) is -0.0497. The normalized spacial score (nSPS) is 20.6. The highest BCUT2D eigenvalue weighted by molar-refractivity contribution is 6.42. The number of unbranched alkanes of at least 4 members (excludes halogenated alkanes) is 1. The molecule has 0 unspecified atom stereocenters. The quantitative estimate of drug-likeness (QED) is 0.883. The molecule has 2 aliphatic heterocycles. The van der Waals surface area contributed by atoms with Crippen molar-refractivity contribution in [3.8, 4) is 0 Å². The number of amides is 3. The summed E-state index contributed by atoms with van der Waals surface area (Å²) in [5, 5.41) is 3.63. The van der Waals surface area contributed by atoms with Crippen molar-refractivity contribution in [2.24, 2.45) is 0 Å². The van der Waals surface area contributed by atoms with Gasteiger partial charge in [0.25, 0.3) is 5.91 Å². The van der Waals surface area contributed by atoms with Crippen LogP contribution in [0.1, 0.15) is 31.4 Å². The third-order valence-corrected chi connectivity index (χ3v) is 5.34. The minimum atomic E-state index is -0.575. The molecule has 128 valence electrons. The number of urea groups is 1. The van der Waals surface area contributed by atoms with E-state index in [1.807, 2.05) is 0 Å². The average molecular weight is 368 g/mol. The van der Waals surface area contributed by atoms with E-state index in [0.29, 0.717) is 34.3 Å². The highest BCUT2D eigenvalue weighted by atomic mass is 35.5. The molecule has 0 fully saturated rings. The lowest BCUT2D eigenvalue weighted by molar-refractivity contribution is -0.125. The van der Waals surface area contributed by atoms with Gasteiger partial charge in [0.2, 0.25) is 0 Å². The summed E-state index contributed by atoms with van der Waals surface area (Å²) >= 11 is 12.4. The molecule has 2 heterocycles. The van der Waals surface area contributed by atoms with Crippen LogP contribution in [0.4, 0.5) is 4.79 Å². The first kappa shape index (κ1) is 17.1. The van der Waals surface area contributed by atoms with Crippen molar-refractivity contribution in [3.63, 3.8) is 0 Å². The highest BCUT2D eigenvalue weighted by Crippen LogP contribution is 2.39. The fourth-order valence-corrected chi connectivity index (χ4v) is 3.55. The Balaban J connectivity index is 2.03. The average Bonchev–Trinajstić information content (AvgIpc) is 2.89. The molecule has 1 aromatic rings. The summed E-state index contributed by atoms with van der Waals surface area (Å²) in [7, 11) is 1.68.